The normalized spacial score (nSPS) is 9.88. The summed E-state index contributed by atoms with van der Waals surface area (Å²) in [5.41, 5.74) is 4.75. The second-order valence-electron chi connectivity index (χ2n) is 1.22. The van der Waals surface area contributed by atoms with E-state index in [1.54, 1.807) is 0 Å². The Balaban J connectivity index is 0. The van der Waals surface area contributed by atoms with Gasteiger partial charge in [-0.2, -0.15) is 0 Å². The molecule has 0 spiro atoms. The number of hydrogen-bond acceptors (Lipinski definition) is 4. The maximum Gasteiger partial charge on any atom is 0.352 e. The lowest BCUT2D eigenvalue weighted by Crippen LogP contribution is -3.00. The van der Waals surface area contributed by atoms with E-state index in [2.05, 4.69) is 0 Å². The Hall–Kier alpha value is -0.400. The monoisotopic (exact) mass is 140 g/mol. The van der Waals surface area contributed by atoms with Gasteiger partial charge < -0.3 is 18.1 Å². The number of halogens is 1. The van der Waals surface area contributed by atoms with Crippen molar-refractivity contribution in [1.29, 1.82) is 5.41 Å². The van der Waals surface area contributed by atoms with E-state index in [1.807, 2.05) is 0 Å². The van der Waals surface area contributed by atoms with E-state index in [4.69, 9.17) is 28.7 Å². The molecule has 0 bridgehead atoms. The SMILES string of the molecule is N=C(N)[N+](N)(N)N.[Cl-]. The molecule has 6 nitrogen and oxygen atoms in total. The van der Waals surface area contributed by atoms with Crippen molar-refractivity contribution in [3.63, 3.8) is 0 Å². The lowest BCUT2D eigenvalue weighted by Gasteiger charge is -2.14. The molecular formula is CH9ClN6. The second kappa shape index (κ2) is 2.80. The zero-order valence-corrected chi connectivity index (χ0v) is 4.89. The molecule has 0 rings (SSSR count). The summed E-state index contributed by atoms with van der Waals surface area (Å²) in [4.78, 5) is -1.08. The van der Waals surface area contributed by atoms with Crippen LogP contribution in [0.2, 0.25) is 0 Å². The van der Waals surface area contributed by atoms with Crippen LogP contribution in [0.15, 0.2) is 0 Å². The van der Waals surface area contributed by atoms with E-state index in [0.717, 1.165) is 0 Å². The molecule has 0 radical (unpaired) electrons. The molecule has 0 heterocycles. The summed E-state index contributed by atoms with van der Waals surface area (Å²) in [6.45, 7) is 0. The van der Waals surface area contributed by atoms with Gasteiger partial charge in [-0.25, -0.2) is 5.41 Å². The van der Waals surface area contributed by atoms with Crippen LogP contribution >= 0.6 is 0 Å². The summed E-state index contributed by atoms with van der Waals surface area (Å²) >= 11 is 0. The molecule has 0 aromatic carbocycles. The van der Waals surface area contributed by atoms with Crippen molar-refractivity contribution in [3.05, 3.63) is 0 Å². The summed E-state index contributed by atoms with van der Waals surface area (Å²) in [5.74, 6) is 14.0. The minimum Gasteiger partial charge on any atom is -1.00 e. The Labute approximate surface area is 52.8 Å². The van der Waals surface area contributed by atoms with Crippen molar-refractivity contribution in [2.45, 2.75) is 0 Å². The fraction of sp³-hybridized carbons (Fsp3) is 0. The molecule has 0 fully saturated rings. The first-order valence-electron chi connectivity index (χ1n) is 1.54. The largest absolute Gasteiger partial charge is 1.00 e. The van der Waals surface area contributed by atoms with Crippen molar-refractivity contribution in [2.75, 3.05) is 0 Å². The number of hydrogen-bond donors (Lipinski definition) is 5. The van der Waals surface area contributed by atoms with E-state index in [0.29, 0.717) is 0 Å². The van der Waals surface area contributed by atoms with Crippen LogP contribution in [0.1, 0.15) is 0 Å². The Morgan fingerprint density at radius 1 is 1.25 bits per heavy atom. The van der Waals surface area contributed by atoms with Crippen LogP contribution in [0.3, 0.4) is 0 Å². The highest BCUT2D eigenvalue weighted by Gasteiger charge is 2.14. The summed E-state index contributed by atoms with van der Waals surface area (Å²) in [7, 11) is 0. The van der Waals surface area contributed by atoms with Gasteiger partial charge in [0.05, 0.1) is 0 Å². The molecule has 0 amide bonds. The first-order chi connectivity index (χ1) is 2.94. The number of nitrogens with zero attached hydrogens (tertiary/aromatic N) is 1. The van der Waals surface area contributed by atoms with Gasteiger partial charge in [-0.3, -0.25) is 0 Å². The highest BCUT2D eigenvalue weighted by Crippen LogP contribution is 1.63. The van der Waals surface area contributed by atoms with E-state index in [9.17, 15) is 0 Å². The van der Waals surface area contributed by atoms with Gasteiger partial charge >= 0.3 is 5.96 Å². The minimum atomic E-state index is -1.08. The van der Waals surface area contributed by atoms with Crippen molar-refractivity contribution < 1.29 is 17.2 Å². The van der Waals surface area contributed by atoms with Crippen molar-refractivity contribution in [3.8, 4) is 0 Å². The van der Waals surface area contributed by atoms with Crippen LogP contribution < -0.4 is 35.7 Å². The molecule has 7 heteroatoms. The van der Waals surface area contributed by atoms with Gasteiger partial charge in [0.15, 0.2) is 0 Å². The standard InChI is InChI=1S/CH9N6.ClH/c2-1(3)7(4,5)6;/h4-6H2,(H3,2,3);1H/q+1;/p-1. The number of rotatable bonds is 0. The summed E-state index contributed by atoms with van der Waals surface area (Å²) < 4.78 is 0. The van der Waals surface area contributed by atoms with Crippen molar-refractivity contribution in [1.82, 2.24) is 0 Å². The van der Waals surface area contributed by atoms with E-state index < -0.39 is 10.8 Å². The number of guanidine groups is 1. The Morgan fingerprint density at radius 3 is 1.38 bits per heavy atom. The van der Waals surface area contributed by atoms with Gasteiger partial charge in [-0.05, 0) is 4.81 Å². The summed E-state index contributed by atoms with van der Waals surface area (Å²) in [6, 6.07) is 0. The average molecular weight is 141 g/mol. The topological polar surface area (TPSA) is 128 Å². The molecule has 0 saturated heterocycles. The maximum atomic E-state index is 6.52. The fourth-order valence-electron chi connectivity index (χ4n) is 0. The van der Waals surface area contributed by atoms with Crippen LogP contribution in [0.5, 0.6) is 0 Å². The molecule has 0 aromatic rings. The van der Waals surface area contributed by atoms with E-state index in [1.165, 1.54) is 0 Å². The summed E-state index contributed by atoms with van der Waals surface area (Å²) in [5, 5.41) is 6.52. The molecule has 0 aromatic heterocycles. The third-order valence-electron chi connectivity index (χ3n) is 0.417. The minimum absolute atomic E-state index is 0. The molecule has 0 atom stereocenters. The first kappa shape index (κ1) is 10.6. The highest BCUT2D eigenvalue weighted by atomic mass is 35.5. The highest BCUT2D eigenvalue weighted by molar-refractivity contribution is 5.65. The molecular weight excluding hydrogens is 132 g/mol. The molecule has 0 unspecified atom stereocenters. The molecule has 9 N–H and O–H groups in total. The quantitative estimate of drug-likeness (QED) is 0.0755. The van der Waals surface area contributed by atoms with Gasteiger partial charge in [0.2, 0.25) is 0 Å². The Kier molecular flexibility index (Phi) is 3.69. The van der Waals surface area contributed by atoms with Gasteiger partial charge in [-0.1, -0.05) is 0 Å². The van der Waals surface area contributed by atoms with Gasteiger partial charge in [0.25, 0.3) is 0 Å². The first-order valence-corrected chi connectivity index (χ1v) is 1.54. The van der Waals surface area contributed by atoms with Crippen molar-refractivity contribution >= 4 is 5.96 Å². The number of nitrogens with one attached hydrogen (secondary N) is 1. The van der Waals surface area contributed by atoms with Crippen LogP contribution in [0, 0.1) is 5.41 Å². The van der Waals surface area contributed by atoms with E-state index >= 15 is 0 Å². The zero-order valence-electron chi connectivity index (χ0n) is 4.13. The average Bonchev–Trinajstić information content (AvgIpc) is 1.31. The van der Waals surface area contributed by atoms with E-state index in [-0.39, 0.29) is 12.4 Å². The summed E-state index contributed by atoms with van der Waals surface area (Å²) in [6.07, 6.45) is 0. The van der Waals surface area contributed by atoms with Crippen LogP contribution in [0.25, 0.3) is 0 Å². The molecule has 8 heavy (non-hydrogen) atoms. The molecule has 0 aliphatic carbocycles. The lowest BCUT2D eigenvalue weighted by atomic mass is 11.0. The van der Waals surface area contributed by atoms with Gasteiger partial charge in [0, 0.05) is 0 Å². The molecule has 50 valence electrons. The number of quaternary nitrogens is 1. The van der Waals surface area contributed by atoms with Crippen LogP contribution in [0.4, 0.5) is 0 Å². The maximum absolute atomic E-state index is 6.52. The zero-order chi connectivity index (χ0) is 6.08. The fourth-order valence-corrected chi connectivity index (χ4v) is 0. The van der Waals surface area contributed by atoms with Gasteiger partial charge in [0.1, 0.15) is 0 Å². The van der Waals surface area contributed by atoms with Gasteiger partial charge in [-0.15, -0.1) is 17.5 Å². The van der Waals surface area contributed by atoms with Crippen LogP contribution in [-0.2, 0) is 0 Å². The second-order valence-corrected chi connectivity index (χ2v) is 1.22. The van der Waals surface area contributed by atoms with Crippen molar-refractivity contribution in [2.24, 2.45) is 23.3 Å². The number of nitrogens with two attached hydrogens (primary N) is 4. The molecule has 0 aliphatic heterocycles. The Morgan fingerprint density at radius 2 is 1.38 bits per heavy atom. The molecule has 0 saturated carbocycles. The third-order valence-corrected chi connectivity index (χ3v) is 0.417. The predicted molar refractivity (Wildman–Crippen MR) is 24.7 cm³/mol. The smallest absolute Gasteiger partial charge is 0.352 e. The predicted octanol–water partition coefficient (Wildman–Crippen LogP) is -5.68. The third kappa shape index (κ3) is 3.78. The van der Waals surface area contributed by atoms with Crippen LogP contribution in [-0.4, -0.2) is 10.8 Å². The molecule has 0 aliphatic rings. The lowest BCUT2D eigenvalue weighted by molar-refractivity contribution is -0.880. The Bertz CT molecular complexity index is 81.0.